The average Bonchev–Trinajstić information content (AvgIpc) is 2.82. The van der Waals surface area contributed by atoms with Gasteiger partial charge in [0.1, 0.15) is 6.54 Å². The van der Waals surface area contributed by atoms with Gasteiger partial charge in [-0.25, -0.2) is 14.5 Å². The van der Waals surface area contributed by atoms with Crippen LogP contribution in [0.15, 0.2) is 29.6 Å². The molecule has 2 heterocycles. The summed E-state index contributed by atoms with van der Waals surface area (Å²) in [5, 5.41) is 7.13. The molecule has 0 aliphatic carbocycles. The third kappa shape index (κ3) is 2.60. The van der Waals surface area contributed by atoms with Crippen molar-refractivity contribution in [2.75, 3.05) is 7.11 Å². The summed E-state index contributed by atoms with van der Waals surface area (Å²) < 4.78 is 5.88. The first kappa shape index (κ1) is 13.2. The first-order chi connectivity index (χ1) is 9.17. The van der Waals surface area contributed by atoms with Gasteiger partial charge in [-0.15, -0.1) is 0 Å². The van der Waals surface area contributed by atoms with Crippen molar-refractivity contribution in [3.05, 3.63) is 45.7 Å². The van der Waals surface area contributed by atoms with Crippen LogP contribution in [0.3, 0.4) is 0 Å². The highest BCUT2D eigenvalue weighted by molar-refractivity contribution is 6.32. The zero-order chi connectivity index (χ0) is 13.8. The second kappa shape index (κ2) is 5.57. The molecule has 0 atom stereocenters. The number of methoxy groups -OCH3 is 1. The molecule has 2 aromatic rings. The molecule has 98 valence electrons. The van der Waals surface area contributed by atoms with Gasteiger partial charge in [-0.05, 0) is 18.2 Å². The van der Waals surface area contributed by atoms with Crippen molar-refractivity contribution in [3.8, 4) is 5.82 Å². The second-order valence-electron chi connectivity index (χ2n) is 3.52. The third-order valence-electron chi connectivity index (χ3n) is 2.32. The Hall–Kier alpha value is -2.28. The van der Waals surface area contributed by atoms with Crippen LogP contribution >= 0.6 is 11.6 Å². The molecule has 0 fully saturated rings. The normalized spacial score (nSPS) is 10.2. The fourth-order valence-corrected chi connectivity index (χ4v) is 1.72. The topological polar surface area (TPSA) is 86.4 Å². The molecule has 0 radical (unpaired) electrons. The van der Waals surface area contributed by atoms with Crippen molar-refractivity contribution in [1.82, 2.24) is 14.8 Å². The first-order valence-corrected chi connectivity index (χ1v) is 5.62. The number of hydrogen-bond acceptors (Lipinski definition) is 6. The quantitative estimate of drug-likeness (QED) is 0.631. The number of nitrogens with zero attached hydrogens (tertiary/aromatic N) is 4. The first-order valence-electron chi connectivity index (χ1n) is 5.24. The molecule has 0 saturated heterocycles. The van der Waals surface area contributed by atoms with Crippen LogP contribution in [0, 0.1) is 4.91 Å². The van der Waals surface area contributed by atoms with Crippen LogP contribution in [0.1, 0.15) is 16.2 Å². The molecule has 2 rings (SSSR count). The van der Waals surface area contributed by atoms with E-state index in [-0.39, 0.29) is 18.1 Å². The molecule has 0 aliphatic rings. The van der Waals surface area contributed by atoms with E-state index in [1.165, 1.54) is 24.1 Å². The molecule has 0 amide bonds. The van der Waals surface area contributed by atoms with Crippen LogP contribution in [0.25, 0.3) is 5.82 Å². The van der Waals surface area contributed by atoms with Crippen molar-refractivity contribution >= 4 is 17.6 Å². The van der Waals surface area contributed by atoms with E-state index in [1.54, 1.807) is 12.1 Å². The smallest absolute Gasteiger partial charge is 0.356 e. The van der Waals surface area contributed by atoms with Crippen molar-refractivity contribution in [2.45, 2.75) is 6.54 Å². The molecule has 8 heteroatoms. The number of hydrogen-bond donors (Lipinski definition) is 0. The standard InChI is InChI=1S/C11H9ClN4O3/c1-19-11(17)9-5-7(6-14-18)15-16(9)10-8(12)3-2-4-13-10/h2-5H,6H2,1H3. The Morgan fingerprint density at radius 2 is 2.37 bits per heavy atom. The number of ether oxygens (including phenoxy) is 1. The average molecular weight is 281 g/mol. The SMILES string of the molecule is COC(=O)c1cc(CN=O)nn1-c1ncccc1Cl. The van der Waals surface area contributed by atoms with E-state index in [2.05, 4.69) is 20.0 Å². The maximum Gasteiger partial charge on any atom is 0.356 e. The molecule has 0 bridgehead atoms. The molecule has 0 aromatic carbocycles. The predicted octanol–water partition coefficient (Wildman–Crippen LogP) is 1.97. The van der Waals surface area contributed by atoms with Crippen LogP contribution in [-0.2, 0) is 11.3 Å². The summed E-state index contributed by atoms with van der Waals surface area (Å²) in [5.74, 6) is -0.326. The molecule has 0 unspecified atom stereocenters. The lowest BCUT2D eigenvalue weighted by Gasteiger charge is -2.05. The van der Waals surface area contributed by atoms with E-state index in [1.807, 2.05) is 0 Å². The number of pyridine rings is 1. The molecule has 0 N–H and O–H groups in total. The highest BCUT2D eigenvalue weighted by Crippen LogP contribution is 2.20. The molecule has 19 heavy (non-hydrogen) atoms. The fourth-order valence-electron chi connectivity index (χ4n) is 1.52. The summed E-state index contributed by atoms with van der Waals surface area (Å²) in [7, 11) is 1.25. The van der Waals surface area contributed by atoms with Gasteiger partial charge < -0.3 is 4.74 Å². The highest BCUT2D eigenvalue weighted by atomic mass is 35.5. The fraction of sp³-hybridized carbons (Fsp3) is 0.182. The van der Waals surface area contributed by atoms with Crippen LogP contribution in [0.4, 0.5) is 0 Å². The third-order valence-corrected chi connectivity index (χ3v) is 2.62. The van der Waals surface area contributed by atoms with Crippen LogP contribution in [0.5, 0.6) is 0 Å². The van der Waals surface area contributed by atoms with E-state index < -0.39 is 5.97 Å². The summed E-state index contributed by atoms with van der Waals surface area (Å²) in [4.78, 5) is 26.0. The summed E-state index contributed by atoms with van der Waals surface area (Å²) in [6.45, 7) is -0.151. The van der Waals surface area contributed by atoms with E-state index in [4.69, 9.17) is 11.6 Å². The van der Waals surface area contributed by atoms with Gasteiger partial charge in [-0.2, -0.15) is 10.0 Å². The summed E-state index contributed by atoms with van der Waals surface area (Å²) in [6, 6.07) is 4.68. The molecular formula is C11H9ClN4O3. The number of rotatable bonds is 4. The van der Waals surface area contributed by atoms with Crippen molar-refractivity contribution in [1.29, 1.82) is 0 Å². The zero-order valence-electron chi connectivity index (χ0n) is 9.91. The Kier molecular flexibility index (Phi) is 3.86. The highest BCUT2D eigenvalue weighted by Gasteiger charge is 2.19. The Morgan fingerprint density at radius 3 is 3.00 bits per heavy atom. The van der Waals surface area contributed by atoms with Crippen molar-refractivity contribution < 1.29 is 9.53 Å². The van der Waals surface area contributed by atoms with Gasteiger partial charge in [0.15, 0.2) is 11.5 Å². The number of carbonyl (C=O) groups is 1. The Labute approximate surface area is 113 Å². The number of aromatic nitrogens is 3. The van der Waals surface area contributed by atoms with Crippen LogP contribution in [0.2, 0.25) is 5.02 Å². The van der Waals surface area contributed by atoms with Gasteiger partial charge in [0.05, 0.1) is 17.8 Å². The minimum Gasteiger partial charge on any atom is -0.464 e. The Bertz CT molecular complexity index is 626. The van der Waals surface area contributed by atoms with E-state index in [0.29, 0.717) is 10.7 Å². The minimum atomic E-state index is -0.605. The van der Waals surface area contributed by atoms with E-state index >= 15 is 0 Å². The van der Waals surface area contributed by atoms with Crippen molar-refractivity contribution in [2.24, 2.45) is 5.18 Å². The van der Waals surface area contributed by atoms with Crippen LogP contribution in [-0.4, -0.2) is 27.8 Å². The summed E-state index contributed by atoms with van der Waals surface area (Å²) >= 11 is 6.00. The lowest BCUT2D eigenvalue weighted by atomic mass is 10.3. The van der Waals surface area contributed by atoms with Gasteiger partial charge in [0.25, 0.3) is 0 Å². The molecule has 0 aliphatic heterocycles. The molecule has 0 saturated carbocycles. The van der Waals surface area contributed by atoms with E-state index in [9.17, 15) is 9.70 Å². The Morgan fingerprint density at radius 1 is 1.58 bits per heavy atom. The lowest BCUT2D eigenvalue weighted by Crippen LogP contribution is -2.11. The zero-order valence-corrected chi connectivity index (χ0v) is 10.7. The van der Waals surface area contributed by atoms with Crippen molar-refractivity contribution in [3.63, 3.8) is 0 Å². The Balaban J connectivity index is 2.57. The molecule has 0 spiro atoms. The number of esters is 1. The second-order valence-corrected chi connectivity index (χ2v) is 3.93. The lowest BCUT2D eigenvalue weighted by molar-refractivity contribution is 0.0590. The molecule has 7 nitrogen and oxygen atoms in total. The number of carbonyl (C=O) groups excluding carboxylic acids is 1. The number of halogens is 1. The van der Waals surface area contributed by atoms with Gasteiger partial charge in [-0.1, -0.05) is 16.8 Å². The van der Waals surface area contributed by atoms with Gasteiger partial charge in [-0.3, -0.25) is 0 Å². The van der Waals surface area contributed by atoms with Crippen LogP contribution < -0.4 is 0 Å². The monoisotopic (exact) mass is 280 g/mol. The molecular weight excluding hydrogens is 272 g/mol. The van der Waals surface area contributed by atoms with Gasteiger partial charge in [0.2, 0.25) is 0 Å². The number of nitroso groups, excluding NO2 is 1. The predicted molar refractivity (Wildman–Crippen MR) is 67.2 cm³/mol. The summed E-state index contributed by atoms with van der Waals surface area (Å²) in [5.41, 5.74) is 0.457. The maximum absolute atomic E-state index is 11.7. The van der Waals surface area contributed by atoms with Gasteiger partial charge in [0, 0.05) is 6.20 Å². The minimum absolute atomic E-state index is 0.127. The van der Waals surface area contributed by atoms with E-state index in [0.717, 1.165) is 0 Å². The maximum atomic E-state index is 11.7. The van der Waals surface area contributed by atoms with Gasteiger partial charge >= 0.3 is 5.97 Å². The largest absolute Gasteiger partial charge is 0.464 e. The molecule has 2 aromatic heterocycles. The summed E-state index contributed by atoms with van der Waals surface area (Å²) in [6.07, 6.45) is 1.52.